The Hall–Kier alpha value is -1.96. The second-order valence-electron chi connectivity index (χ2n) is 4.91. The first-order valence-corrected chi connectivity index (χ1v) is 8.60. The van der Waals surface area contributed by atoms with Crippen molar-refractivity contribution in [2.75, 3.05) is 0 Å². The van der Waals surface area contributed by atoms with E-state index in [9.17, 15) is 0 Å². The predicted octanol–water partition coefficient (Wildman–Crippen LogP) is 5.38. The molecular formula is C15H9Cl2N3O3S. The van der Waals surface area contributed by atoms with E-state index in [1.807, 2.05) is 13.0 Å². The van der Waals surface area contributed by atoms with Crippen LogP contribution in [-0.4, -0.2) is 15.2 Å². The summed E-state index contributed by atoms with van der Waals surface area (Å²) in [6.45, 7) is 1.85. The minimum absolute atomic E-state index is 0.339. The lowest BCUT2D eigenvalue weighted by Gasteiger charge is -1.91. The smallest absolute Gasteiger partial charge is 0.283 e. The number of hydrogen-bond acceptors (Lipinski definition) is 7. The fourth-order valence-electron chi connectivity index (χ4n) is 2.08. The standard InChI is InChI=1S/C15H9Cl2N3O3S/c1-7-2-3-10(21-7)14-20-19-12(23-14)6-24-15-18-13-9(17)4-8(16)5-11(13)22-15/h2-5H,6H2,1H3. The highest BCUT2D eigenvalue weighted by atomic mass is 35.5. The second-order valence-corrected chi connectivity index (χ2v) is 6.68. The highest BCUT2D eigenvalue weighted by Crippen LogP contribution is 2.32. The molecule has 0 bridgehead atoms. The molecule has 0 aliphatic rings. The molecule has 4 aromatic rings. The maximum absolute atomic E-state index is 6.10. The van der Waals surface area contributed by atoms with Gasteiger partial charge >= 0.3 is 0 Å². The van der Waals surface area contributed by atoms with Crippen LogP contribution in [0.25, 0.3) is 22.8 Å². The van der Waals surface area contributed by atoms with Crippen molar-refractivity contribution in [2.24, 2.45) is 0 Å². The minimum atomic E-state index is 0.339. The van der Waals surface area contributed by atoms with E-state index in [4.69, 9.17) is 36.5 Å². The molecule has 24 heavy (non-hydrogen) atoms. The Morgan fingerprint density at radius 2 is 1.96 bits per heavy atom. The monoisotopic (exact) mass is 381 g/mol. The lowest BCUT2D eigenvalue weighted by atomic mass is 10.3. The van der Waals surface area contributed by atoms with Gasteiger partial charge < -0.3 is 13.3 Å². The van der Waals surface area contributed by atoms with Crippen molar-refractivity contribution < 1.29 is 13.3 Å². The second kappa shape index (κ2) is 6.16. The molecule has 0 saturated carbocycles. The van der Waals surface area contributed by atoms with Crippen LogP contribution in [0, 0.1) is 6.92 Å². The number of aryl methyl sites for hydroxylation is 1. The Balaban J connectivity index is 1.51. The van der Waals surface area contributed by atoms with E-state index in [2.05, 4.69) is 15.2 Å². The van der Waals surface area contributed by atoms with Crippen molar-refractivity contribution in [1.82, 2.24) is 15.2 Å². The Morgan fingerprint density at radius 1 is 1.08 bits per heavy atom. The van der Waals surface area contributed by atoms with Crippen molar-refractivity contribution in [1.29, 1.82) is 0 Å². The number of fused-ring (bicyclic) bond motifs is 1. The van der Waals surface area contributed by atoms with E-state index >= 15 is 0 Å². The van der Waals surface area contributed by atoms with Crippen LogP contribution in [0.2, 0.25) is 10.0 Å². The van der Waals surface area contributed by atoms with E-state index in [1.165, 1.54) is 11.8 Å². The Morgan fingerprint density at radius 3 is 2.75 bits per heavy atom. The van der Waals surface area contributed by atoms with Crippen molar-refractivity contribution in [3.05, 3.63) is 46.0 Å². The molecular weight excluding hydrogens is 373 g/mol. The molecule has 3 heterocycles. The number of halogens is 2. The maximum atomic E-state index is 6.10. The third kappa shape index (κ3) is 3.02. The summed E-state index contributed by atoms with van der Waals surface area (Å²) >= 11 is 13.4. The number of rotatable bonds is 4. The minimum Gasteiger partial charge on any atom is -0.456 e. The van der Waals surface area contributed by atoms with Gasteiger partial charge in [-0.05, 0) is 25.1 Å². The average Bonchev–Trinajstić information content (AvgIpc) is 3.23. The largest absolute Gasteiger partial charge is 0.456 e. The Labute approximate surface area is 150 Å². The molecule has 0 radical (unpaired) electrons. The lowest BCUT2D eigenvalue weighted by molar-refractivity contribution is 0.478. The van der Waals surface area contributed by atoms with Crippen LogP contribution in [0.15, 0.2) is 42.7 Å². The van der Waals surface area contributed by atoms with E-state index < -0.39 is 0 Å². The summed E-state index contributed by atoms with van der Waals surface area (Å²) in [5, 5.41) is 9.34. The molecule has 1 aromatic carbocycles. The van der Waals surface area contributed by atoms with Crippen molar-refractivity contribution in [3.63, 3.8) is 0 Å². The molecule has 9 heteroatoms. The van der Waals surface area contributed by atoms with Crippen molar-refractivity contribution >= 4 is 46.1 Å². The van der Waals surface area contributed by atoms with Crippen LogP contribution < -0.4 is 0 Å². The number of benzene rings is 1. The van der Waals surface area contributed by atoms with E-state index in [0.717, 1.165) is 5.76 Å². The predicted molar refractivity (Wildman–Crippen MR) is 90.3 cm³/mol. The van der Waals surface area contributed by atoms with Gasteiger partial charge in [0.1, 0.15) is 11.3 Å². The van der Waals surface area contributed by atoms with Gasteiger partial charge in [-0.3, -0.25) is 0 Å². The summed E-state index contributed by atoms with van der Waals surface area (Å²) in [5.41, 5.74) is 1.10. The Kier molecular flexibility index (Phi) is 3.99. The van der Waals surface area contributed by atoms with Crippen LogP contribution in [-0.2, 0) is 5.75 Å². The van der Waals surface area contributed by atoms with Gasteiger partial charge in [0, 0.05) is 11.1 Å². The van der Waals surface area contributed by atoms with Crippen LogP contribution in [0.5, 0.6) is 0 Å². The molecule has 0 atom stereocenters. The number of nitrogens with zero attached hydrogens (tertiary/aromatic N) is 3. The first-order valence-electron chi connectivity index (χ1n) is 6.86. The molecule has 0 fully saturated rings. The molecule has 0 aliphatic heterocycles. The van der Waals surface area contributed by atoms with Crippen LogP contribution in [0.3, 0.4) is 0 Å². The molecule has 3 aromatic heterocycles. The van der Waals surface area contributed by atoms with Crippen molar-refractivity contribution in [2.45, 2.75) is 17.9 Å². The summed E-state index contributed by atoms with van der Waals surface area (Å²) in [4.78, 5) is 4.33. The molecule has 0 aliphatic carbocycles. The fraction of sp³-hybridized carbons (Fsp3) is 0.133. The van der Waals surface area contributed by atoms with E-state index in [-0.39, 0.29) is 0 Å². The molecule has 0 spiro atoms. The number of aromatic nitrogens is 3. The highest BCUT2D eigenvalue weighted by molar-refractivity contribution is 7.98. The fourth-order valence-corrected chi connectivity index (χ4v) is 3.27. The highest BCUT2D eigenvalue weighted by Gasteiger charge is 2.15. The van der Waals surface area contributed by atoms with E-state index in [0.29, 0.717) is 49.7 Å². The third-order valence-corrected chi connectivity index (χ3v) is 4.45. The lowest BCUT2D eigenvalue weighted by Crippen LogP contribution is -1.80. The van der Waals surface area contributed by atoms with Crippen LogP contribution >= 0.6 is 35.0 Å². The van der Waals surface area contributed by atoms with Gasteiger partial charge in [-0.25, -0.2) is 4.98 Å². The normalized spacial score (nSPS) is 11.5. The molecule has 0 unspecified atom stereocenters. The van der Waals surface area contributed by atoms with Crippen LogP contribution in [0.4, 0.5) is 0 Å². The maximum Gasteiger partial charge on any atom is 0.283 e. The topological polar surface area (TPSA) is 78.1 Å². The Bertz CT molecular complexity index is 1020. The summed E-state index contributed by atoms with van der Waals surface area (Å²) in [6.07, 6.45) is 0. The van der Waals surface area contributed by atoms with Gasteiger partial charge in [0.2, 0.25) is 5.89 Å². The zero-order valence-corrected chi connectivity index (χ0v) is 14.6. The first kappa shape index (κ1) is 15.6. The third-order valence-electron chi connectivity index (χ3n) is 3.13. The van der Waals surface area contributed by atoms with Gasteiger partial charge in [-0.15, -0.1) is 10.2 Å². The molecule has 0 saturated heterocycles. The molecule has 6 nitrogen and oxygen atoms in total. The summed E-state index contributed by atoms with van der Waals surface area (Å²) in [7, 11) is 0. The van der Waals surface area contributed by atoms with Gasteiger partial charge in [0.05, 0.1) is 10.8 Å². The SMILES string of the molecule is Cc1ccc(-c2nnc(CSc3nc4c(Cl)cc(Cl)cc4o3)o2)o1. The molecule has 122 valence electrons. The first-order chi connectivity index (χ1) is 11.6. The number of hydrogen-bond donors (Lipinski definition) is 0. The molecule has 0 amide bonds. The zero-order valence-electron chi connectivity index (χ0n) is 12.2. The van der Waals surface area contributed by atoms with Gasteiger partial charge in [0.15, 0.2) is 11.3 Å². The quantitative estimate of drug-likeness (QED) is 0.439. The van der Waals surface area contributed by atoms with Gasteiger partial charge in [0.25, 0.3) is 11.1 Å². The van der Waals surface area contributed by atoms with Gasteiger partial charge in [-0.1, -0.05) is 35.0 Å². The number of oxazole rings is 1. The zero-order chi connectivity index (χ0) is 16.7. The number of furan rings is 1. The number of thioether (sulfide) groups is 1. The average molecular weight is 382 g/mol. The van der Waals surface area contributed by atoms with E-state index in [1.54, 1.807) is 18.2 Å². The van der Waals surface area contributed by atoms with Crippen LogP contribution in [0.1, 0.15) is 11.7 Å². The summed E-state index contributed by atoms with van der Waals surface area (Å²) in [5.74, 6) is 2.51. The molecule has 4 rings (SSSR count). The summed E-state index contributed by atoms with van der Waals surface area (Å²) < 4.78 is 16.6. The van der Waals surface area contributed by atoms with Gasteiger partial charge in [-0.2, -0.15) is 0 Å². The van der Waals surface area contributed by atoms with Crippen molar-refractivity contribution in [3.8, 4) is 11.7 Å². The molecule has 0 N–H and O–H groups in total. The summed E-state index contributed by atoms with van der Waals surface area (Å²) in [6, 6.07) is 6.91.